The zero-order valence-electron chi connectivity index (χ0n) is 10.1. The smallest absolute Gasteiger partial charge is 0.319 e. The lowest BCUT2D eigenvalue weighted by atomic mass is 9.87. The summed E-state index contributed by atoms with van der Waals surface area (Å²) in [5, 5.41) is 13.0. The van der Waals surface area contributed by atoms with Gasteiger partial charge in [-0.15, -0.1) is 10.2 Å². The molecule has 0 radical (unpaired) electrons. The average molecular weight is 266 g/mol. The Hall–Kier alpha value is -1.50. The summed E-state index contributed by atoms with van der Waals surface area (Å²) in [6, 6.07) is 0. The summed E-state index contributed by atoms with van der Waals surface area (Å²) in [6.45, 7) is 2.24. The number of esters is 1. The van der Waals surface area contributed by atoms with Crippen molar-refractivity contribution in [1.29, 1.82) is 0 Å². The molecule has 0 saturated heterocycles. The van der Waals surface area contributed by atoms with Crippen molar-refractivity contribution < 1.29 is 9.53 Å². The lowest BCUT2D eigenvalue weighted by molar-refractivity contribution is -0.150. The maximum absolute atomic E-state index is 12.3. The summed E-state index contributed by atoms with van der Waals surface area (Å²) >= 11 is 1.43. The Kier molecular flexibility index (Phi) is 2.77. The third-order valence-electron chi connectivity index (χ3n) is 3.42. The molecule has 6 nitrogen and oxygen atoms in total. The quantitative estimate of drug-likeness (QED) is 0.788. The molecule has 3 rings (SSSR count). The van der Waals surface area contributed by atoms with Crippen LogP contribution in [-0.4, -0.2) is 32.4 Å². The fourth-order valence-electron chi connectivity index (χ4n) is 2.51. The summed E-state index contributed by atoms with van der Waals surface area (Å²) < 4.78 is 6.86. The van der Waals surface area contributed by atoms with E-state index in [9.17, 15) is 4.79 Å². The second kappa shape index (κ2) is 4.31. The van der Waals surface area contributed by atoms with Crippen LogP contribution in [0, 0.1) is 0 Å². The fourth-order valence-corrected chi connectivity index (χ4v) is 3.56. The van der Waals surface area contributed by atoms with Crippen LogP contribution in [0.25, 0.3) is 4.96 Å². The minimum atomic E-state index is -0.554. The maximum Gasteiger partial charge on any atom is 0.319 e. The van der Waals surface area contributed by atoms with Crippen molar-refractivity contribution in [2.45, 2.75) is 38.0 Å². The standard InChI is InChI=1S/C11H14N4O2S/c1-2-17-9(16)11(5-3-4-6-11)8-14-15-7-12-13-10(15)18-8/h7H,2-6H2,1H3. The normalized spacial score (nSPS) is 18.3. The predicted octanol–water partition coefficient (Wildman–Crippen LogP) is 1.56. The Morgan fingerprint density at radius 1 is 1.56 bits per heavy atom. The molecule has 2 aromatic rings. The van der Waals surface area contributed by atoms with E-state index >= 15 is 0 Å². The van der Waals surface area contributed by atoms with Crippen molar-refractivity contribution in [3.05, 3.63) is 11.3 Å². The van der Waals surface area contributed by atoms with Crippen molar-refractivity contribution in [3.63, 3.8) is 0 Å². The van der Waals surface area contributed by atoms with Crippen molar-refractivity contribution in [2.75, 3.05) is 6.61 Å². The number of carbonyl (C=O) groups is 1. The van der Waals surface area contributed by atoms with Gasteiger partial charge in [0.2, 0.25) is 4.96 Å². The average Bonchev–Trinajstić information content (AvgIpc) is 3.04. The summed E-state index contributed by atoms with van der Waals surface area (Å²) in [5.74, 6) is -0.146. The number of aromatic nitrogens is 4. The largest absolute Gasteiger partial charge is 0.465 e. The Morgan fingerprint density at radius 3 is 3.00 bits per heavy atom. The second-order valence-corrected chi connectivity index (χ2v) is 5.43. The SMILES string of the molecule is CCOC(=O)C1(c2nn3cnnc3s2)CCCC1. The van der Waals surface area contributed by atoms with Gasteiger partial charge in [-0.05, 0) is 19.8 Å². The monoisotopic (exact) mass is 266 g/mol. The first-order valence-electron chi connectivity index (χ1n) is 6.11. The van der Waals surface area contributed by atoms with Gasteiger partial charge in [0.15, 0.2) is 0 Å². The molecule has 1 saturated carbocycles. The van der Waals surface area contributed by atoms with Crippen molar-refractivity contribution >= 4 is 22.3 Å². The molecule has 1 aliphatic rings. The van der Waals surface area contributed by atoms with Crippen molar-refractivity contribution in [1.82, 2.24) is 19.8 Å². The zero-order chi connectivity index (χ0) is 12.6. The summed E-state index contributed by atoms with van der Waals surface area (Å²) in [4.78, 5) is 13.0. The number of ether oxygens (including phenoxy) is 1. The van der Waals surface area contributed by atoms with Gasteiger partial charge >= 0.3 is 5.97 Å². The van der Waals surface area contributed by atoms with Gasteiger partial charge in [0.05, 0.1) is 6.61 Å². The molecular weight excluding hydrogens is 252 g/mol. The molecule has 96 valence electrons. The molecule has 1 aliphatic carbocycles. The van der Waals surface area contributed by atoms with Gasteiger partial charge in [0.1, 0.15) is 16.7 Å². The fraction of sp³-hybridized carbons (Fsp3) is 0.636. The lowest BCUT2D eigenvalue weighted by Gasteiger charge is -2.23. The molecule has 2 heterocycles. The minimum absolute atomic E-state index is 0.146. The molecule has 0 bridgehead atoms. The summed E-state index contributed by atoms with van der Waals surface area (Å²) in [6.07, 6.45) is 5.27. The highest BCUT2D eigenvalue weighted by molar-refractivity contribution is 7.16. The Labute approximate surface area is 108 Å². The van der Waals surface area contributed by atoms with E-state index < -0.39 is 5.41 Å². The van der Waals surface area contributed by atoms with E-state index in [1.54, 1.807) is 10.8 Å². The maximum atomic E-state index is 12.3. The summed E-state index contributed by atoms with van der Waals surface area (Å²) in [7, 11) is 0. The molecule has 0 aliphatic heterocycles. The topological polar surface area (TPSA) is 69.4 Å². The van der Waals surface area contributed by atoms with E-state index in [4.69, 9.17) is 4.74 Å². The number of hydrogen-bond acceptors (Lipinski definition) is 6. The molecule has 0 unspecified atom stereocenters. The molecule has 0 spiro atoms. The van der Waals surface area contributed by atoms with E-state index in [1.807, 2.05) is 6.92 Å². The predicted molar refractivity (Wildman–Crippen MR) is 65.4 cm³/mol. The third-order valence-corrected chi connectivity index (χ3v) is 4.54. The van der Waals surface area contributed by atoms with Gasteiger partial charge in [-0.3, -0.25) is 4.79 Å². The van der Waals surface area contributed by atoms with Crippen molar-refractivity contribution in [3.8, 4) is 0 Å². The molecule has 7 heteroatoms. The minimum Gasteiger partial charge on any atom is -0.465 e. The van der Waals surface area contributed by atoms with E-state index in [0.29, 0.717) is 6.61 Å². The first-order chi connectivity index (χ1) is 8.76. The van der Waals surface area contributed by atoms with Gasteiger partial charge in [0, 0.05) is 0 Å². The number of fused-ring (bicyclic) bond motifs is 1. The van der Waals surface area contributed by atoms with Crippen LogP contribution >= 0.6 is 11.3 Å². The van der Waals surface area contributed by atoms with Gasteiger partial charge in [0.25, 0.3) is 0 Å². The van der Waals surface area contributed by atoms with E-state index in [0.717, 1.165) is 35.7 Å². The van der Waals surface area contributed by atoms with Crippen LogP contribution in [0.3, 0.4) is 0 Å². The van der Waals surface area contributed by atoms with Gasteiger partial charge in [-0.25, -0.2) is 0 Å². The van der Waals surface area contributed by atoms with Crippen LogP contribution in [0.5, 0.6) is 0 Å². The Balaban J connectivity index is 2.03. The van der Waals surface area contributed by atoms with E-state index in [-0.39, 0.29) is 5.97 Å². The first kappa shape index (κ1) is 11.6. The molecule has 0 amide bonds. The van der Waals surface area contributed by atoms with Gasteiger partial charge in [-0.2, -0.15) is 9.61 Å². The highest BCUT2D eigenvalue weighted by Crippen LogP contribution is 2.43. The Morgan fingerprint density at radius 2 is 2.33 bits per heavy atom. The molecule has 0 N–H and O–H groups in total. The first-order valence-corrected chi connectivity index (χ1v) is 6.92. The zero-order valence-corrected chi connectivity index (χ0v) is 10.9. The van der Waals surface area contributed by atoms with Crippen LogP contribution in [0.1, 0.15) is 37.6 Å². The van der Waals surface area contributed by atoms with Crippen molar-refractivity contribution in [2.24, 2.45) is 0 Å². The molecule has 18 heavy (non-hydrogen) atoms. The molecule has 1 fully saturated rings. The highest BCUT2D eigenvalue weighted by Gasteiger charge is 2.47. The van der Waals surface area contributed by atoms with Crippen LogP contribution in [-0.2, 0) is 14.9 Å². The lowest BCUT2D eigenvalue weighted by Crippen LogP contribution is -2.34. The van der Waals surface area contributed by atoms with Gasteiger partial charge < -0.3 is 4.74 Å². The summed E-state index contributed by atoms with van der Waals surface area (Å²) in [5.41, 5.74) is -0.554. The number of hydrogen-bond donors (Lipinski definition) is 0. The van der Waals surface area contributed by atoms with Crippen LogP contribution in [0.15, 0.2) is 6.33 Å². The van der Waals surface area contributed by atoms with Gasteiger partial charge in [-0.1, -0.05) is 24.2 Å². The number of nitrogens with zero attached hydrogens (tertiary/aromatic N) is 4. The van der Waals surface area contributed by atoms with Crippen LogP contribution < -0.4 is 0 Å². The highest BCUT2D eigenvalue weighted by atomic mass is 32.1. The second-order valence-electron chi connectivity index (χ2n) is 4.47. The molecule has 0 aromatic carbocycles. The van der Waals surface area contributed by atoms with Crippen LogP contribution in [0.2, 0.25) is 0 Å². The molecular formula is C11H14N4O2S. The molecule has 2 aromatic heterocycles. The number of carbonyl (C=O) groups excluding carboxylic acids is 1. The van der Waals surface area contributed by atoms with Crippen LogP contribution in [0.4, 0.5) is 0 Å². The van der Waals surface area contributed by atoms with E-state index in [1.165, 1.54) is 11.3 Å². The number of rotatable bonds is 3. The third kappa shape index (κ3) is 1.61. The Bertz CT molecular complexity index is 542. The van der Waals surface area contributed by atoms with E-state index in [2.05, 4.69) is 15.3 Å². The molecule has 0 atom stereocenters.